The quantitative estimate of drug-likeness (QED) is 0.854. The molecule has 0 saturated carbocycles. The molecule has 0 bridgehead atoms. The second-order valence-electron chi connectivity index (χ2n) is 5.78. The van der Waals surface area contributed by atoms with E-state index in [-0.39, 0.29) is 5.54 Å². The minimum absolute atomic E-state index is 0.0960. The summed E-state index contributed by atoms with van der Waals surface area (Å²) in [6.07, 6.45) is 2.11. The van der Waals surface area contributed by atoms with E-state index in [1.54, 1.807) is 0 Å². The standard InChI is InChI=1S/C16H19N3OS/c1-16(7-4-8-20-10-16)19-14-9-12(15(17)21)11-5-2-3-6-13(11)18-14/h2-3,5-6,9H,4,7-8,10H2,1H3,(H2,17,21)(H,18,19). The number of rotatable bonds is 3. The molecule has 0 spiro atoms. The number of anilines is 1. The van der Waals surface area contributed by atoms with Gasteiger partial charge in [-0.3, -0.25) is 0 Å². The van der Waals surface area contributed by atoms with Crippen LogP contribution in [0, 0.1) is 0 Å². The summed E-state index contributed by atoms with van der Waals surface area (Å²) >= 11 is 5.18. The van der Waals surface area contributed by atoms with Crippen molar-refractivity contribution in [3.63, 3.8) is 0 Å². The van der Waals surface area contributed by atoms with Gasteiger partial charge in [-0.2, -0.15) is 0 Å². The molecule has 1 atom stereocenters. The third-order valence-electron chi connectivity index (χ3n) is 3.85. The predicted molar refractivity (Wildman–Crippen MR) is 89.7 cm³/mol. The van der Waals surface area contributed by atoms with E-state index in [0.717, 1.165) is 41.7 Å². The summed E-state index contributed by atoms with van der Waals surface area (Å²) in [5, 5.41) is 4.48. The van der Waals surface area contributed by atoms with Gasteiger partial charge < -0.3 is 15.8 Å². The van der Waals surface area contributed by atoms with E-state index in [2.05, 4.69) is 17.2 Å². The number of nitrogens with two attached hydrogens (primary N) is 1. The van der Waals surface area contributed by atoms with Crippen molar-refractivity contribution < 1.29 is 4.74 Å². The highest BCUT2D eigenvalue weighted by Crippen LogP contribution is 2.26. The van der Waals surface area contributed by atoms with E-state index >= 15 is 0 Å². The molecular weight excluding hydrogens is 282 g/mol. The van der Waals surface area contributed by atoms with Crippen LogP contribution >= 0.6 is 12.2 Å². The molecule has 1 fully saturated rings. The lowest BCUT2D eigenvalue weighted by Gasteiger charge is -2.35. The van der Waals surface area contributed by atoms with Gasteiger partial charge in [0.1, 0.15) is 10.8 Å². The largest absolute Gasteiger partial charge is 0.389 e. The van der Waals surface area contributed by atoms with Crippen LogP contribution < -0.4 is 11.1 Å². The maximum Gasteiger partial charge on any atom is 0.127 e. The van der Waals surface area contributed by atoms with Gasteiger partial charge in [0.05, 0.1) is 17.7 Å². The Hall–Kier alpha value is -1.72. The Morgan fingerprint density at radius 1 is 1.43 bits per heavy atom. The minimum Gasteiger partial charge on any atom is -0.389 e. The van der Waals surface area contributed by atoms with Gasteiger partial charge in [0.2, 0.25) is 0 Å². The zero-order chi connectivity index (χ0) is 14.9. The van der Waals surface area contributed by atoms with Crippen molar-refractivity contribution in [2.24, 2.45) is 5.73 Å². The van der Waals surface area contributed by atoms with Crippen LogP contribution in [-0.2, 0) is 4.74 Å². The molecule has 5 heteroatoms. The summed E-state index contributed by atoms with van der Waals surface area (Å²) in [5.41, 5.74) is 7.52. The van der Waals surface area contributed by atoms with Crippen molar-refractivity contribution in [2.45, 2.75) is 25.3 Å². The highest BCUT2D eigenvalue weighted by Gasteiger charge is 2.28. The first-order valence-corrected chi connectivity index (χ1v) is 7.54. The Bertz CT molecular complexity index is 680. The van der Waals surface area contributed by atoms with E-state index in [0.29, 0.717) is 11.6 Å². The van der Waals surface area contributed by atoms with E-state index in [4.69, 9.17) is 22.7 Å². The molecule has 110 valence electrons. The highest BCUT2D eigenvalue weighted by molar-refractivity contribution is 7.80. The molecule has 0 radical (unpaired) electrons. The first kappa shape index (κ1) is 14.2. The Balaban J connectivity index is 2.01. The van der Waals surface area contributed by atoms with E-state index < -0.39 is 0 Å². The second-order valence-corrected chi connectivity index (χ2v) is 6.22. The fourth-order valence-corrected chi connectivity index (χ4v) is 2.95. The minimum atomic E-state index is -0.0960. The number of pyridine rings is 1. The first-order valence-electron chi connectivity index (χ1n) is 7.13. The Morgan fingerprint density at radius 2 is 2.24 bits per heavy atom. The lowest BCUT2D eigenvalue weighted by atomic mass is 9.95. The van der Waals surface area contributed by atoms with Crippen molar-refractivity contribution in [1.29, 1.82) is 0 Å². The van der Waals surface area contributed by atoms with Crippen molar-refractivity contribution in [1.82, 2.24) is 4.98 Å². The summed E-state index contributed by atoms with van der Waals surface area (Å²) in [6, 6.07) is 9.83. The molecule has 3 rings (SSSR count). The molecule has 2 heterocycles. The maximum absolute atomic E-state index is 5.87. The number of hydrogen-bond donors (Lipinski definition) is 2. The smallest absolute Gasteiger partial charge is 0.127 e. The number of benzene rings is 1. The monoisotopic (exact) mass is 301 g/mol. The summed E-state index contributed by atoms with van der Waals surface area (Å²) in [4.78, 5) is 5.07. The molecule has 0 aliphatic carbocycles. The summed E-state index contributed by atoms with van der Waals surface area (Å²) in [7, 11) is 0. The van der Waals surface area contributed by atoms with Gasteiger partial charge in [0.25, 0.3) is 0 Å². The van der Waals surface area contributed by atoms with Gasteiger partial charge in [-0.1, -0.05) is 30.4 Å². The van der Waals surface area contributed by atoms with Crippen molar-refractivity contribution in [2.75, 3.05) is 18.5 Å². The SMILES string of the molecule is CC1(Nc2cc(C(N)=S)c3ccccc3n2)CCCOC1. The van der Waals surface area contributed by atoms with Gasteiger partial charge in [-0.25, -0.2) is 4.98 Å². The fraction of sp³-hybridized carbons (Fsp3) is 0.375. The number of nitrogens with one attached hydrogen (secondary N) is 1. The molecule has 21 heavy (non-hydrogen) atoms. The number of fused-ring (bicyclic) bond motifs is 1. The van der Waals surface area contributed by atoms with Gasteiger partial charge >= 0.3 is 0 Å². The van der Waals surface area contributed by atoms with Crippen LogP contribution in [0.25, 0.3) is 10.9 Å². The van der Waals surface area contributed by atoms with Crippen LogP contribution in [0.3, 0.4) is 0 Å². The van der Waals surface area contributed by atoms with E-state index in [1.165, 1.54) is 0 Å². The fourth-order valence-electron chi connectivity index (χ4n) is 2.79. The molecule has 2 aromatic rings. The number of thiocarbonyl (C=S) groups is 1. The molecular formula is C16H19N3OS. The number of nitrogens with zero attached hydrogens (tertiary/aromatic N) is 1. The van der Waals surface area contributed by atoms with E-state index in [1.807, 2.05) is 30.3 Å². The molecule has 4 nitrogen and oxygen atoms in total. The van der Waals surface area contributed by atoms with Gasteiger partial charge in [0, 0.05) is 17.6 Å². The molecule has 1 aliphatic rings. The van der Waals surface area contributed by atoms with Crippen molar-refractivity contribution in [3.8, 4) is 0 Å². The lowest BCUT2D eigenvalue weighted by molar-refractivity contribution is 0.0539. The van der Waals surface area contributed by atoms with Gasteiger partial charge in [-0.05, 0) is 31.9 Å². The molecule has 1 aromatic heterocycles. The molecule has 1 saturated heterocycles. The number of hydrogen-bond acceptors (Lipinski definition) is 4. The Labute approximate surface area is 129 Å². The average molecular weight is 301 g/mol. The normalized spacial score (nSPS) is 22.1. The first-order chi connectivity index (χ1) is 10.1. The summed E-state index contributed by atoms with van der Waals surface area (Å²) in [5.74, 6) is 0.796. The molecule has 1 unspecified atom stereocenters. The van der Waals surface area contributed by atoms with Crippen LogP contribution in [0.1, 0.15) is 25.3 Å². The maximum atomic E-state index is 5.87. The number of ether oxygens (including phenoxy) is 1. The van der Waals surface area contributed by atoms with Crippen molar-refractivity contribution in [3.05, 3.63) is 35.9 Å². The van der Waals surface area contributed by atoms with Crippen LogP contribution in [0.4, 0.5) is 5.82 Å². The van der Waals surface area contributed by atoms with Crippen molar-refractivity contribution >= 4 is 33.9 Å². The van der Waals surface area contributed by atoms with Crippen LogP contribution in [-0.4, -0.2) is 28.7 Å². The lowest BCUT2D eigenvalue weighted by Crippen LogP contribution is -2.43. The third kappa shape index (κ3) is 2.99. The molecule has 3 N–H and O–H groups in total. The average Bonchev–Trinajstić information content (AvgIpc) is 2.46. The van der Waals surface area contributed by atoms with Gasteiger partial charge in [-0.15, -0.1) is 0 Å². The van der Waals surface area contributed by atoms with E-state index in [9.17, 15) is 0 Å². The predicted octanol–water partition coefficient (Wildman–Crippen LogP) is 2.85. The topological polar surface area (TPSA) is 60.2 Å². The highest BCUT2D eigenvalue weighted by atomic mass is 32.1. The molecule has 0 amide bonds. The second kappa shape index (κ2) is 5.58. The van der Waals surface area contributed by atoms with Crippen LogP contribution in [0.5, 0.6) is 0 Å². The Morgan fingerprint density at radius 3 is 2.95 bits per heavy atom. The Kier molecular flexibility index (Phi) is 3.78. The number of para-hydroxylation sites is 1. The zero-order valence-electron chi connectivity index (χ0n) is 12.1. The number of aromatic nitrogens is 1. The van der Waals surface area contributed by atoms with Crippen LogP contribution in [0.15, 0.2) is 30.3 Å². The molecule has 1 aliphatic heterocycles. The molecule has 1 aromatic carbocycles. The summed E-state index contributed by atoms with van der Waals surface area (Å²) in [6.45, 7) is 3.67. The van der Waals surface area contributed by atoms with Gasteiger partial charge in [0.15, 0.2) is 0 Å². The summed E-state index contributed by atoms with van der Waals surface area (Å²) < 4.78 is 5.58. The zero-order valence-corrected chi connectivity index (χ0v) is 12.9. The third-order valence-corrected chi connectivity index (χ3v) is 4.07. The van der Waals surface area contributed by atoms with Crippen LogP contribution in [0.2, 0.25) is 0 Å².